The average Bonchev–Trinajstić information content (AvgIpc) is 2.86. The number of nitrogens with zero attached hydrogens (tertiary/aromatic N) is 2. The Bertz CT molecular complexity index is 556. The highest BCUT2D eigenvalue weighted by atomic mass is 16.4. The Morgan fingerprint density at radius 2 is 2.11 bits per heavy atom. The van der Waals surface area contributed by atoms with Crippen LogP contribution in [0.1, 0.15) is 42.6 Å². The first kappa shape index (κ1) is 13.3. The van der Waals surface area contributed by atoms with Gasteiger partial charge in [0.1, 0.15) is 5.76 Å². The summed E-state index contributed by atoms with van der Waals surface area (Å²) in [6.07, 6.45) is 2.11. The quantitative estimate of drug-likeness (QED) is 0.890. The van der Waals surface area contributed by atoms with Gasteiger partial charge in [0.15, 0.2) is 0 Å². The van der Waals surface area contributed by atoms with E-state index in [2.05, 4.69) is 16.4 Å². The Morgan fingerprint density at radius 1 is 1.37 bits per heavy atom. The molecule has 2 aromatic rings. The second kappa shape index (κ2) is 6.17. The lowest BCUT2D eigenvalue weighted by atomic mass is 10.0. The Kier molecular flexibility index (Phi) is 4.32. The van der Waals surface area contributed by atoms with Crippen LogP contribution < -0.4 is 5.32 Å². The topological polar surface area (TPSA) is 61.9 Å². The summed E-state index contributed by atoms with van der Waals surface area (Å²) >= 11 is 0. The standard InChI is InChI=1S/C15H17N3O/c1-11-10-17-15(19-11)12(2)18-14(8-9-16)13-6-4-3-5-7-13/h3-7,10,12,14,18H,8H2,1-2H3. The smallest absolute Gasteiger partial charge is 0.211 e. The molecule has 0 aliphatic heterocycles. The van der Waals surface area contributed by atoms with Crippen molar-refractivity contribution in [3.05, 3.63) is 53.7 Å². The highest BCUT2D eigenvalue weighted by molar-refractivity contribution is 5.20. The fraction of sp³-hybridized carbons (Fsp3) is 0.333. The molecule has 0 amide bonds. The summed E-state index contributed by atoms with van der Waals surface area (Å²) in [5.41, 5.74) is 1.10. The van der Waals surface area contributed by atoms with Crippen LogP contribution >= 0.6 is 0 Å². The van der Waals surface area contributed by atoms with Gasteiger partial charge in [-0.05, 0) is 19.4 Å². The second-order valence-corrected chi connectivity index (χ2v) is 4.52. The number of hydrogen-bond acceptors (Lipinski definition) is 4. The van der Waals surface area contributed by atoms with Crippen LogP contribution in [0.25, 0.3) is 0 Å². The van der Waals surface area contributed by atoms with Gasteiger partial charge in [-0.3, -0.25) is 5.32 Å². The predicted octanol–water partition coefficient (Wildman–Crippen LogP) is 3.29. The molecule has 0 radical (unpaired) electrons. The first-order valence-corrected chi connectivity index (χ1v) is 6.31. The van der Waals surface area contributed by atoms with E-state index >= 15 is 0 Å². The molecule has 0 aliphatic carbocycles. The van der Waals surface area contributed by atoms with Crippen LogP contribution in [0, 0.1) is 18.3 Å². The van der Waals surface area contributed by atoms with Crippen molar-refractivity contribution in [2.24, 2.45) is 0 Å². The Labute approximate surface area is 113 Å². The summed E-state index contributed by atoms with van der Waals surface area (Å²) in [5.74, 6) is 1.44. The van der Waals surface area contributed by atoms with Crippen LogP contribution in [0.3, 0.4) is 0 Å². The number of benzene rings is 1. The van der Waals surface area contributed by atoms with Crippen molar-refractivity contribution in [3.8, 4) is 6.07 Å². The average molecular weight is 255 g/mol. The molecule has 2 atom stereocenters. The lowest BCUT2D eigenvalue weighted by Gasteiger charge is -2.19. The van der Waals surface area contributed by atoms with Gasteiger partial charge in [-0.2, -0.15) is 5.26 Å². The highest BCUT2D eigenvalue weighted by Crippen LogP contribution is 2.21. The van der Waals surface area contributed by atoms with Crippen LogP contribution in [0.2, 0.25) is 0 Å². The Hall–Kier alpha value is -2.12. The number of oxazole rings is 1. The van der Waals surface area contributed by atoms with Crippen molar-refractivity contribution in [1.82, 2.24) is 10.3 Å². The fourth-order valence-electron chi connectivity index (χ4n) is 2.00. The van der Waals surface area contributed by atoms with Crippen LogP contribution in [-0.4, -0.2) is 4.98 Å². The number of aromatic nitrogens is 1. The zero-order chi connectivity index (χ0) is 13.7. The van der Waals surface area contributed by atoms with Gasteiger partial charge in [0.25, 0.3) is 0 Å². The minimum absolute atomic E-state index is 0.0200. The van der Waals surface area contributed by atoms with Crippen molar-refractivity contribution < 1.29 is 4.42 Å². The molecular formula is C15H17N3O. The van der Waals surface area contributed by atoms with Gasteiger partial charge >= 0.3 is 0 Å². The number of aryl methyl sites for hydroxylation is 1. The lowest BCUT2D eigenvalue weighted by Crippen LogP contribution is -2.24. The largest absolute Gasteiger partial charge is 0.444 e. The van der Waals surface area contributed by atoms with Gasteiger partial charge in [0, 0.05) is 6.04 Å². The minimum atomic E-state index is -0.0349. The molecule has 98 valence electrons. The molecule has 1 aromatic heterocycles. The van der Waals surface area contributed by atoms with Crippen molar-refractivity contribution in [2.45, 2.75) is 32.4 Å². The zero-order valence-electron chi connectivity index (χ0n) is 11.1. The van der Waals surface area contributed by atoms with E-state index in [0.29, 0.717) is 12.3 Å². The molecule has 0 aliphatic rings. The van der Waals surface area contributed by atoms with E-state index in [1.807, 2.05) is 44.2 Å². The fourth-order valence-corrected chi connectivity index (χ4v) is 2.00. The van der Waals surface area contributed by atoms with E-state index in [0.717, 1.165) is 11.3 Å². The first-order valence-electron chi connectivity index (χ1n) is 6.31. The first-order chi connectivity index (χ1) is 9.20. The van der Waals surface area contributed by atoms with Gasteiger partial charge in [-0.15, -0.1) is 0 Å². The van der Waals surface area contributed by atoms with Crippen LogP contribution in [0.4, 0.5) is 0 Å². The maximum Gasteiger partial charge on any atom is 0.211 e. The van der Waals surface area contributed by atoms with Crippen LogP contribution in [0.15, 0.2) is 40.9 Å². The van der Waals surface area contributed by atoms with E-state index < -0.39 is 0 Å². The molecule has 0 fully saturated rings. The molecule has 0 saturated heterocycles. The predicted molar refractivity (Wildman–Crippen MR) is 72.2 cm³/mol. The van der Waals surface area contributed by atoms with E-state index in [9.17, 15) is 0 Å². The van der Waals surface area contributed by atoms with Gasteiger partial charge in [0.05, 0.1) is 24.7 Å². The molecule has 4 nitrogen and oxygen atoms in total. The third-order valence-electron chi connectivity index (χ3n) is 2.96. The van der Waals surface area contributed by atoms with Crippen molar-refractivity contribution in [3.63, 3.8) is 0 Å². The Morgan fingerprint density at radius 3 is 2.68 bits per heavy atom. The molecule has 4 heteroatoms. The molecule has 1 aromatic carbocycles. The van der Waals surface area contributed by atoms with Crippen molar-refractivity contribution in [1.29, 1.82) is 5.26 Å². The Balaban J connectivity index is 2.11. The van der Waals surface area contributed by atoms with Crippen molar-refractivity contribution in [2.75, 3.05) is 0 Å². The molecule has 1 N–H and O–H groups in total. The molecular weight excluding hydrogens is 238 g/mol. The summed E-state index contributed by atoms with van der Waals surface area (Å²) in [6, 6.07) is 12.1. The molecule has 0 spiro atoms. The minimum Gasteiger partial charge on any atom is -0.444 e. The van der Waals surface area contributed by atoms with Gasteiger partial charge in [-0.1, -0.05) is 30.3 Å². The zero-order valence-corrected chi connectivity index (χ0v) is 11.1. The van der Waals surface area contributed by atoms with Crippen LogP contribution in [0.5, 0.6) is 0 Å². The summed E-state index contributed by atoms with van der Waals surface area (Å²) in [5, 5.41) is 12.3. The summed E-state index contributed by atoms with van der Waals surface area (Å²) in [4.78, 5) is 4.21. The number of nitriles is 1. The number of nitrogens with one attached hydrogen (secondary N) is 1. The van der Waals surface area contributed by atoms with E-state index in [-0.39, 0.29) is 12.1 Å². The third-order valence-corrected chi connectivity index (χ3v) is 2.96. The van der Waals surface area contributed by atoms with E-state index in [4.69, 9.17) is 9.68 Å². The highest BCUT2D eigenvalue weighted by Gasteiger charge is 2.18. The van der Waals surface area contributed by atoms with E-state index in [1.165, 1.54) is 0 Å². The summed E-state index contributed by atoms with van der Waals surface area (Å²) < 4.78 is 5.50. The number of rotatable bonds is 5. The molecule has 0 bridgehead atoms. The monoisotopic (exact) mass is 255 g/mol. The maximum absolute atomic E-state index is 8.96. The number of hydrogen-bond donors (Lipinski definition) is 1. The molecule has 1 heterocycles. The van der Waals surface area contributed by atoms with Gasteiger partial charge in [-0.25, -0.2) is 4.98 Å². The molecule has 2 rings (SSSR count). The third kappa shape index (κ3) is 3.43. The van der Waals surface area contributed by atoms with Gasteiger partial charge < -0.3 is 4.42 Å². The second-order valence-electron chi connectivity index (χ2n) is 4.52. The SMILES string of the molecule is Cc1cnc(C(C)NC(CC#N)c2ccccc2)o1. The molecule has 19 heavy (non-hydrogen) atoms. The molecule has 2 unspecified atom stereocenters. The summed E-state index contributed by atoms with van der Waals surface area (Å²) in [7, 11) is 0. The van der Waals surface area contributed by atoms with Gasteiger partial charge in [0.2, 0.25) is 5.89 Å². The van der Waals surface area contributed by atoms with Crippen molar-refractivity contribution >= 4 is 0 Å². The normalized spacial score (nSPS) is 13.7. The lowest BCUT2D eigenvalue weighted by molar-refractivity contribution is 0.373. The van der Waals surface area contributed by atoms with E-state index in [1.54, 1.807) is 6.20 Å². The summed E-state index contributed by atoms with van der Waals surface area (Å²) in [6.45, 7) is 3.85. The molecule has 0 saturated carbocycles. The maximum atomic E-state index is 8.96. The van der Waals surface area contributed by atoms with Crippen LogP contribution in [-0.2, 0) is 0 Å².